The number of hydrogen-bond donors (Lipinski definition) is 0. The summed E-state index contributed by atoms with van der Waals surface area (Å²) < 4.78 is 4.87. The predicted molar refractivity (Wildman–Crippen MR) is 71.8 cm³/mol. The van der Waals surface area contributed by atoms with Crippen molar-refractivity contribution in [3.05, 3.63) is 47.5 Å². The van der Waals surface area contributed by atoms with Crippen LogP contribution < -0.4 is 0 Å². The van der Waals surface area contributed by atoms with E-state index < -0.39 is 5.97 Å². The molecule has 2 rings (SSSR count). The van der Waals surface area contributed by atoms with E-state index >= 15 is 0 Å². The molecule has 19 heavy (non-hydrogen) atoms. The molecule has 1 aromatic carbocycles. The standard InChI is InChI=1S/C15H17NO3/c1-3-19-15(18)11(2)10-16-9-8-12-6-4-5-7-13(12)14(16)17/h4-7H,2-3,8-10H2,1H3. The van der Waals surface area contributed by atoms with Gasteiger partial charge in [0.1, 0.15) is 0 Å². The summed E-state index contributed by atoms with van der Waals surface area (Å²) in [5.74, 6) is -0.485. The van der Waals surface area contributed by atoms with Gasteiger partial charge in [-0.2, -0.15) is 0 Å². The molecule has 0 radical (unpaired) electrons. The molecule has 0 N–H and O–H groups in total. The van der Waals surface area contributed by atoms with Crippen LogP contribution in [0.25, 0.3) is 0 Å². The quantitative estimate of drug-likeness (QED) is 0.612. The molecular weight excluding hydrogens is 242 g/mol. The molecule has 0 aliphatic carbocycles. The van der Waals surface area contributed by atoms with Crippen LogP contribution in [-0.4, -0.2) is 36.5 Å². The van der Waals surface area contributed by atoms with Gasteiger partial charge in [-0.1, -0.05) is 24.8 Å². The third kappa shape index (κ3) is 2.84. The molecule has 1 aliphatic rings. The van der Waals surface area contributed by atoms with Crippen LogP contribution in [0.5, 0.6) is 0 Å². The molecule has 0 bridgehead atoms. The van der Waals surface area contributed by atoms with Gasteiger partial charge in [0.15, 0.2) is 0 Å². The van der Waals surface area contributed by atoms with Crippen LogP contribution in [0.3, 0.4) is 0 Å². The van der Waals surface area contributed by atoms with Crippen LogP contribution in [0, 0.1) is 0 Å². The first-order valence-electron chi connectivity index (χ1n) is 6.35. The van der Waals surface area contributed by atoms with E-state index in [2.05, 4.69) is 6.58 Å². The van der Waals surface area contributed by atoms with Gasteiger partial charge in [-0.3, -0.25) is 4.79 Å². The minimum Gasteiger partial charge on any atom is -0.463 e. The summed E-state index contributed by atoms with van der Waals surface area (Å²) in [4.78, 5) is 25.4. The molecule has 4 nitrogen and oxygen atoms in total. The van der Waals surface area contributed by atoms with Crippen LogP contribution >= 0.6 is 0 Å². The van der Waals surface area contributed by atoms with Crippen LogP contribution in [0.2, 0.25) is 0 Å². The summed E-state index contributed by atoms with van der Waals surface area (Å²) in [5, 5.41) is 0. The molecule has 1 amide bonds. The summed E-state index contributed by atoms with van der Waals surface area (Å²) in [6.45, 7) is 6.58. The van der Waals surface area contributed by atoms with Gasteiger partial charge in [-0.25, -0.2) is 4.79 Å². The normalized spacial score (nSPS) is 13.9. The number of esters is 1. The molecule has 100 valence electrons. The maximum Gasteiger partial charge on any atom is 0.335 e. The van der Waals surface area contributed by atoms with E-state index in [1.807, 2.05) is 24.3 Å². The minimum absolute atomic E-state index is 0.0488. The monoisotopic (exact) mass is 259 g/mol. The predicted octanol–water partition coefficient (Wildman–Crippen LogP) is 1.80. The first kappa shape index (κ1) is 13.3. The van der Waals surface area contributed by atoms with Crippen molar-refractivity contribution in [2.24, 2.45) is 0 Å². The molecule has 0 atom stereocenters. The van der Waals surface area contributed by atoms with Gasteiger partial charge in [0, 0.05) is 17.7 Å². The van der Waals surface area contributed by atoms with Gasteiger partial charge in [0.2, 0.25) is 0 Å². The molecule has 1 heterocycles. The number of carbonyl (C=O) groups is 2. The molecule has 0 unspecified atom stereocenters. The number of fused-ring (bicyclic) bond motifs is 1. The Balaban J connectivity index is 2.07. The lowest BCUT2D eigenvalue weighted by Gasteiger charge is -2.28. The summed E-state index contributed by atoms with van der Waals surface area (Å²) in [6.07, 6.45) is 0.804. The maximum atomic E-state index is 12.3. The first-order valence-corrected chi connectivity index (χ1v) is 6.35. The molecule has 0 fully saturated rings. The Bertz CT molecular complexity index is 522. The molecular formula is C15H17NO3. The van der Waals surface area contributed by atoms with E-state index in [-0.39, 0.29) is 12.5 Å². The zero-order chi connectivity index (χ0) is 13.8. The molecule has 1 aromatic rings. The minimum atomic E-state index is -0.436. The Kier molecular flexibility index (Phi) is 4.00. The number of amides is 1. The summed E-state index contributed by atoms with van der Waals surface area (Å²) in [7, 11) is 0. The van der Waals surface area contributed by atoms with E-state index in [1.165, 1.54) is 0 Å². The average molecular weight is 259 g/mol. The highest BCUT2D eigenvalue weighted by atomic mass is 16.5. The number of benzene rings is 1. The molecule has 1 aliphatic heterocycles. The SMILES string of the molecule is C=C(CN1CCc2ccccc2C1=O)C(=O)OCC. The van der Waals surface area contributed by atoms with E-state index in [0.717, 1.165) is 12.0 Å². The second kappa shape index (κ2) is 5.69. The topological polar surface area (TPSA) is 46.6 Å². The fraction of sp³-hybridized carbons (Fsp3) is 0.333. The summed E-state index contributed by atoms with van der Waals surface area (Å²) in [5.41, 5.74) is 2.09. The Labute approximate surface area is 112 Å². The third-order valence-corrected chi connectivity index (χ3v) is 3.13. The number of rotatable bonds is 4. The highest BCUT2D eigenvalue weighted by Gasteiger charge is 2.25. The third-order valence-electron chi connectivity index (χ3n) is 3.13. The maximum absolute atomic E-state index is 12.3. The highest BCUT2D eigenvalue weighted by molar-refractivity contribution is 5.98. The Morgan fingerprint density at radius 3 is 2.89 bits per heavy atom. The Morgan fingerprint density at radius 1 is 1.42 bits per heavy atom. The van der Waals surface area contributed by atoms with Gasteiger partial charge in [0.05, 0.1) is 13.2 Å². The second-order valence-corrected chi connectivity index (χ2v) is 4.46. The lowest BCUT2D eigenvalue weighted by Crippen LogP contribution is -2.39. The summed E-state index contributed by atoms with van der Waals surface area (Å²) in [6, 6.07) is 7.56. The smallest absolute Gasteiger partial charge is 0.335 e. The Hall–Kier alpha value is -2.10. The molecule has 0 aromatic heterocycles. The number of nitrogens with zero attached hydrogens (tertiary/aromatic N) is 1. The van der Waals surface area contributed by atoms with Crippen molar-refractivity contribution in [2.45, 2.75) is 13.3 Å². The largest absolute Gasteiger partial charge is 0.463 e. The van der Waals surface area contributed by atoms with E-state index in [9.17, 15) is 9.59 Å². The summed E-state index contributed by atoms with van der Waals surface area (Å²) >= 11 is 0. The lowest BCUT2D eigenvalue weighted by molar-refractivity contribution is -0.138. The van der Waals surface area contributed by atoms with E-state index in [1.54, 1.807) is 11.8 Å². The first-order chi connectivity index (χ1) is 9.13. The fourth-order valence-corrected chi connectivity index (χ4v) is 2.15. The van der Waals surface area contributed by atoms with E-state index in [4.69, 9.17) is 4.74 Å². The number of carbonyl (C=O) groups excluding carboxylic acids is 2. The lowest BCUT2D eigenvalue weighted by atomic mass is 9.99. The van der Waals surface area contributed by atoms with Crippen molar-refractivity contribution in [3.8, 4) is 0 Å². The van der Waals surface area contributed by atoms with Crippen LogP contribution in [-0.2, 0) is 16.0 Å². The van der Waals surface area contributed by atoms with Crippen LogP contribution in [0.4, 0.5) is 0 Å². The van der Waals surface area contributed by atoms with Crippen molar-refractivity contribution in [1.29, 1.82) is 0 Å². The zero-order valence-corrected chi connectivity index (χ0v) is 11.0. The van der Waals surface area contributed by atoms with Crippen LogP contribution in [0.15, 0.2) is 36.4 Å². The van der Waals surface area contributed by atoms with Gasteiger partial charge in [-0.05, 0) is 25.0 Å². The molecule has 0 saturated heterocycles. The molecule has 0 saturated carbocycles. The average Bonchev–Trinajstić information content (AvgIpc) is 2.42. The Morgan fingerprint density at radius 2 is 2.16 bits per heavy atom. The van der Waals surface area contributed by atoms with Crippen molar-refractivity contribution >= 4 is 11.9 Å². The zero-order valence-electron chi connectivity index (χ0n) is 11.0. The molecule has 0 spiro atoms. The number of ether oxygens (including phenoxy) is 1. The van der Waals surface area contributed by atoms with Crippen LogP contribution in [0.1, 0.15) is 22.8 Å². The van der Waals surface area contributed by atoms with Gasteiger partial charge < -0.3 is 9.64 Å². The second-order valence-electron chi connectivity index (χ2n) is 4.46. The van der Waals surface area contributed by atoms with Gasteiger partial charge in [-0.15, -0.1) is 0 Å². The van der Waals surface area contributed by atoms with Crippen molar-refractivity contribution < 1.29 is 14.3 Å². The van der Waals surface area contributed by atoms with Crippen molar-refractivity contribution in [1.82, 2.24) is 4.90 Å². The highest BCUT2D eigenvalue weighted by Crippen LogP contribution is 2.19. The fourth-order valence-electron chi connectivity index (χ4n) is 2.15. The van der Waals surface area contributed by atoms with E-state index in [0.29, 0.717) is 24.3 Å². The van der Waals surface area contributed by atoms with Crippen molar-refractivity contribution in [2.75, 3.05) is 19.7 Å². The van der Waals surface area contributed by atoms with Gasteiger partial charge >= 0.3 is 5.97 Å². The van der Waals surface area contributed by atoms with Gasteiger partial charge in [0.25, 0.3) is 5.91 Å². The van der Waals surface area contributed by atoms with Crippen molar-refractivity contribution in [3.63, 3.8) is 0 Å². The molecule has 4 heteroatoms. The number of hydrogen-bond acceptors (Lipinski definition) is 3.